The number of nitrogens with zero attached hydrogens (tertiary/aromatic N) is 2. The van der Waals surface area contributed by atoms with E-state index in [0.29, 0.717) is 5.56 Å². The van der Waals surface area contributed by atoms with Crippen LogP contribution in [0.3, 0.4) is 0 Å². The molecule has 0 saturated carbocycles. The van der Waals surface area contributed by atoms with Crippen molar-refractivity contribution in [1.29, 1.82) is 0 Å². The van der Waals surface area contributed by atoms with Crippen molar-refractivity contribution in [2.75, 3.05) is 33.2 Å². The molecule has 126 valence electrons. The van der Waals surface area contributed by atoms with E-state index in [9.17, 15) is 9.59 Å². The molecule has 1 fully saturated rings. The number of hydrogen-bond donors (Lipinski definition) is 3. The van der Waals surface area contributed by atoms with Crippen molar-refractivity contribution in [3.8, 4) is 0 Å². The zero-order valence-electron chi connectivity index (χ0n) is 12.9. The Balaban J connectivity index is 1.89. The first-order valence-corrected chi connectivity index (χ1v) is 8.54. The van der Waals surface area contributed by atoms with E-state index in [0.717, 1.165) is 37.6 Å². The van der Waals surface area contributed by atoms with E-state index in [1.54, 1.807) is 5.38 Å². The van der Waals surface area contributed by atoms with Crippen LogP contribution >= 0.6 is 23.6 Å². The van der Waals surface area contributed by atoms with Gasteiger partial charge >= 0.3 is 0 Å². The first kappa shape index (κ1) is 18.0. The molecule has 2 heterocycles. The Kier molecular flexibility index (Phi) is 6.19. The van der Waals surface area contributed by atoms with Crippen LogP contribution in [-0.2, 0) is 11.3 Å². The highest BCUT2D eigenvalue weighted by atomic mass is 32.1. The molecule has 1 atom stereocenters. The van der Waals surface area contributed by atoms with Crippen molar-refractivity contribution >= 4 is 40.4 Å². The zero-order chi connectivity index (χ0) is 17.0. The van der Waals surface area contributed by atoms with Gasteiger partial charge in [0.2, 0.25) is 5.91 Å². The Morgan fingerprint density at radius 3 is 2.65 bits per heavy atom. The molecule has 0 spiro atoms. The van der Waals surface area contributed by atoms with Crippen LogP contribution in [0.2, 0.25) is 0 Å². The topological polar surface area (TPSA) is 105 Å². The maximum atomic E-state index is 12.1. The van der Waals surface area contributed by atoms with Crippen LogP contribution in [-0.4, -0.2) is 65.9 Å². The number of hydrogen-bond acceptors (Lipinski definition) is 7. The van der Waals surface area contributed by atoms with Crippen LogP contribution in [0.25, 0.3) is 0 Å². The second-order valence-corrected chi connectivity index (χ2v) is 7.02. The quantitative estimate of drug-likeness (QED) is 0.607. The number of nitrogens with one attached hydrogen (secondary N) is 1. The van der Waals surface area contributed by atoms with Crippen LogP contribution < -0.4 is 16.8 Å². The van der Waals surface area contributed by atoms with Gasteiger partial charge in [0, 0.05) is 43.0 Å². The first-order chi connectivity index (χ1) is 10.9. The number of likely N-dealkylation sites (N-methyl/N-ethyl adjacent to an activating group) is 1. The van der Waals surface area contributed by atoms with Gasteiger partial charge in [0.15, 0.2) is 0 Å². The van der Waals surface area contributed by atoms with Gasteiger partial charge in [0.05, 0.1) is 5.56 Å². The van der Waals surface area contributed by atoms with Gasteiger partial charge in [-0.2, -0.15) is 0 Å². The molecule has 5 N–H and O–H groups in total. The molecular formula is C14H21N5O2S2. The summed E-state index contributed by atoms with van der Waals surface area (Å²) in [5.74, 6) is -1.14. The summed E-state index contributed by atoms with van der Waals surface area (Å²) in [6.07, 6.45) is 0. The molecule has 1 saturated heterocycles. The lowest BCUT2D eigenvalue weighted by molar-refractivity contribution is -0.117. The molecule has 1 unspecified atom stereocenters. The Morgan fingerprint density at radius 1 is 1.39 bits per heavy atom. The highest BCUT2D eigenvalue weighted by Crippen LogP contribution is 2.17. The molecule has 9 heteroatoms. The highest BCUT2D eigenvalue weighted by Gasteiger charge is 2.20. The molecule has 0 aromatic carbocycles. The fraction of sp³-hybridized carbons (Fsp3) is 0.500. The predicted octanol–water partition coefficient (Wildman–Crippen LogP) is -0.635. The van der Waals surface area contributed by atoms with E-state index < -0.39 is 11.9 Å². The van der Waals surface area contributed by atoms with E-state index in [1.165, 1.54) is 11.3 Å². The molecule has 1 aromatic rings. The van der Waals surface area contributed by atoms with Gasteiger partial charge < -0.3 is 21.7 Å². The number of piperazine rings is 1. The van der Waals surface area contributed by atoms with Crippen LogP contribution in [0.15, 0.2) is 11.4 Å². The number of carbonyl (C=O) groups is 2. The minimum Gasteiger partial charge on any atom is -0.368 e. The van der Waals surface area contributed by atoms with Crippen molar-refractivity contribution in [3.63, 3.8) is 0 Å². The van der Waals surface area contributed by atoms with Gasteiger partial charge in [-0.25, -0.2) is 0 Å². The smallest absolute Gasteiger partial charge is 0.256 e. The third kappa shape index (κ3) is 5.05. The van der Waals surface area contributed by atoms with Crippen LogP contribution in [0.4, 0.5) is 0 Å². The van der Waals surface area contributed by atoms with Gasteiger partial charge in [-0.15, -0.1) is 11.3 Å². The predicted molar refractivity (Wildman–Crippen MR) is 94.3 cm³/mol. The molecule has 2 rings (SSSR count). The summed E-state index contributed by atoms with van der Waals surface area (Å²) in [4.78, 5) is 28.8. The normalized spacial score (nSPS) is 17.7. The minimum atomic E-state index is -1.16. The van der Waals surface area contributed by atoms with Gasteiger partial charge in [-0.05, 0) is 13.1 Å². The van der Waals surface area contributed by atoms with E-state index in [-0.39, 0.29) is 10.9 Å². The summed E-state index contributed by atoms with van der Waals surface area (Å²) < 4.78 is 0. The summed E-state index contributed by atoms with van der Waals surface area (Å²) in [7, 11) is 2.12. The number of primary amides is 1. The summed E-state index contributed by atoms with van der Waals surface area (Å²) in [5.41, 5.74) is 11.1. The summed E-state index contributed by atoms with van der Waals surface area (Å²) in [6, 6.07) is 0.689. The number of thiophene rings is 1. The van der Waals surface area contributed by atoms with Gasteiger partial charge in [0.1, 0.15) is 11.0 Å². The average molecular weight is 355 g/mol. The van der Waals surface area contributed by atoms with E-state index >= 15 is 0 Å². The maximum absolute atomic E-state index is 12.1. The van der Waals surface area contributed by atoms with Crippen molar-refractivity contribution in [3.05, 3.63) is 21.9 Å². The fourth-order valence-electron chi connectivity index (χ4n) is 2.20. The second kappa shape index (κ2) is 7.93. The molecule has 0 bridgehead atoms. The summed E-state index contributed by atoms with van der Waals surface area (Å²) in [5, 5.41) is 4.23. The number of thiocarbonyl (C=S) groups is 1. The maximum Gasteiger partial charge on any atom is 0.256 e. The lowest BCUT2D eigenvalue weighted by Gasteiger charge is -2.31. The third-order valence-corrected chi connectivity index (χ3v) is 4.99. The first-order valence-electron chi connectivity index (χ1n) is 7.25. The second-order valence-electron chi connectivity index (χ2n) is 5.58. The Bertz CT molecular complexity index is 596. The van der Waals surface area contributed by atoms with Crippen molar-refractivity contribution in [1.82, 2.24) is 15.1 Å². The van der Waals surface area contributed by atoms with Crippen LogP contribution in [0.1, 0.15) is 15.2 Å². The molecule has 0 aliphatic carbocycles. The molecule has 7 nitrogen and oxygen atoms in total. The summed E-state index contributed by atoms with van der Waals surface area (Å²) >= 11 is 6.44. The molecule has 1 aliphatic heterocycles. The molecule has 0 radical (unpaired) electrons. The largest absolute Gasteiger partial charge is 0.368 e. The van der Waals surface area contributed by atoms with Gasteiger partial charge in [-0.3, -0.25) is 14.5 Å². The molecule has 2 amide bonds. The van der Waals surface area contributed by atoms with Crippen molar-refractivity contribution in [2.45, 2.75) is 12.6 Å². The highest BCUT2D eigenvalue weighted by molar-refractivity contribution is 7.80. The molecule has 1 aromatic heterocycles. The molecular weight excluding hydrogens is 334 g/mol. The standard InChI is InChI=1S/C14H21N5O2S2/c1-18-2-4-19(5-3-18)7-10-6-9(8-23-10)13(21)17-14(22)11(15)12(16)20/h6,8,11H,2-5,7,15H2,1H3,(H2,16,20)(H,17,21,22). The Morgan fingerprint density at radius 2 is 2.04 bits per heavy atom. The molecule has 1 aliphatic rings. The third-order valence-electron chi connectivity index (χ3n) is 3.72. The summed E-state index contributed by atoms with van der Waals surface area (Å²) in [6.45, 7) is 4.98. The van der Waals surface area contributed by atoms with Crippen molar-refractivity contribution < 1.29 is 9.59 Å². The van der Waals surface area contributed by atoms with Crippen molar-refractivity contribution in [2.24, 2.45) is 11.5 Å². The molecule has 23 heavy (non-hydrogen) atoms. The average Bonchev–Trinajstić information content (AvgIpc) is 2.97. The van der Waals surface area contributed by atoms with E-state index in [1.807, 2.05) is 6.07 Å². The Labute approximate surface area is 144 Å². The number of carbonyl (C=O) groups excluding carboxylic acids is 2. The van der Waals surface area contributed by atoms with Gasteiger partial charge in [-0.1, -0.05) is 12.2 Å². The van der Waals surface area contributed by atoms with Crippen LogP contribution in [0, 0.1) is 0 Å². The number of rotatable bonds is 5. The Hall–Kier alpha value is -1.39. The van der Waals surface area contributed by atoms with Gasteiger partial charge in [0.25, 0.3) is 5.91 Å². The lowest BCUT2D eigenvalue weighted by Crippen LogP contribution is -2.49. The zero-order valence-corrected chi connectivity index (χ0v) is 14.6. The minimum absolute atomic E-state index is 0.0608. The van der Waals surface area contributed by atoms with E-state index in [4.69, 9.17) is 23.7 Å². The SMILES string of the molecule is CN1CCN(Cc2cc(C(=O)NC(=S)C(N)C(N)=O)cs2)CC1. The lowest BCUT2D eigenvalue weighted by atomic mass is 10.2. The number of amides is 2. The van der Waals surface area contributed by atoms with E-state index in [2.05, 4.69) is 22.2 Å². The fourth-order valence-corrected chi connectivity index (χ4v) is 3.31. The monoisotopic (exact) mass is 355 g/mol. The number of nitrogens with two attached hydrogens (primary N) is 2. The van der Waals surface area contributed by atoms with Crippen LogP contribution in [0.5, 0.6) is 0 Å².